The number of carbonyl (C=O) groups is 1. The quantitative estimate of drug-likeness (QED) is 0.859. The van der Waals surface area contributed by atoms with Gasteiger partial charge < -0.3 is 9.64 Å². The highest BCUT2D eigenvalue weighted by molar-refractivity contribution is 5.76. The highest BCUT2D eigenvalue weighted by Crippen LogP contribution is 2.16. The van der Waals surface area contributed by atoms with Gasteiger partial charge in [0, 0.05) is 19.4 Å². The number of hydrogen-bond donors (Lipinski definition) is 0. The summed E-state index contributed by atoms with van der Waals surface area (Å²) >= 11 is 0. The highest BCUT2D eigenvalue weighted by atomic mass is 16.5. The van der Waals surface area contributed by atoms with E-state index < -0.39 is 0 Å². The number of aryl methyl sites for hydroxylation is 2. The number of benzene rings is 1. The molecule has 1 amide bonds. The number of imidazole rings is 1. The number of ether oxygens (including phenoxy) is 1. The largest absolute Gasteiger partial charge is 0.492 e. The van der Waals surface area contributed by atoms with Crippen molar-refractivity contribution in [2.75, 3.05) is 20.2 Å². The molecule has 1 aromatic carbocycles. The van der Waals surface area contributed by atoms with Gasteiger partial charge in [0.15, 0.2) is 0 Å². The maximum atomic E-state index is 11.9. The second kappa shape index (κ2) is 6.23. The molecule has 0 N–H and O–H groups in total. The zero-order valence-electron chi connectivity index (χ0n) is 12.0. The van der Waals surface area contributed by atoms with Crippen LogP contribution < -0.4 is 4.74 Å². The molecular weight excluding hydrogens is 254 g/mol. The number of nitrogens with zero attached hydrogens (tertiary/aromatic N) is 3. The average Bonchev–Trinajstić information content (AvgIpc) is 2.90. The molecule has 0 saturated heterocycles. The molecule has 0 fully saturated rings. The molecule has 0 saturated carbocycles. The van der Waals surface area contributed by atoms with E-state index in [0.29, 0.717) is 13.2 Å². The fourth-order valence-electron chi connectivity index (χ4n) is 1.98. The summed E-state index contributed by atoms with van der Waals surface area (Å²) in [7, 11) is 1.74. The van der Waals surface area contributed by atoms with Gasteiger partial charge in [0.25, 0.3) is 0 Å². The van der Waals surface area contributed by atoms with Crippen LogP contribution in [0.2, 0.25) is 0 Å². The standard InChI is InChI=1S/C15H19N3O2/c1-12-8-13(2)10-14(9-12)20-7-6-17(3)15(19)18-5-4-16-11-18/h4-5,8-11H,6-7H2,1-3H3. The second-order valence-electron chi connectivity index (χ2n) is 4.85. The maximum Gasteiger partial charge on any atom is 0.329 e. The van der Waals surface area contributed by atoms with E-state index in [1.54, 1.807) is 24.3 Å². The van der Waals surface area contributed by atoms with E-state index in [-0.39, 0.29) is 6.03 Å². The fourth-order valence-corrected chi connectivity index (χ4v) is 1.98. The lowest BCUT2D eigenvalue weighted by Gasteiger charge is -2.17. The van der Waals surface area contributed by atoms with Crippen LogP contribution in [-0.2, 0) is 0 Å². The molecule has 1 aromatic heterocycles. The van der Waals surface area contributed by atoms with Crippen LogP contribution in [0.4, 0.5) is 4.79 Å². The maximum absolute atomic E-state index is 11.9. The predicted molar refractivity (Wildman–Crippen MR) is 77.1 cm³/mol. The first-order chi connectivity index (χ1) is 9.56. The minimum Gasteiger partial charge on any atom is -0.492 e. The van der Waals surface area contributed by atoms with E-state index in [2.05, 4.69) is 11.1 Å². The van der Waals surface area contributed by atoms with E-state index in [0.717, 1.165) is 5.75 Å². The molecule has 0 bridgehead atoms. The molecule has 0 aliphatic rings. The molecule has 2 rings (SSSR count). The van der Waals surface area contributed by atoms with E-state index in [4.69, 9.17) is 4.74 Å². The van der Waals surface area contributed by atoms with Crippen molar-refractivity contribution in [2.45, 2.75) is 13.8 Å². The normalized spacial score (nSPS) is 10.3. The average molecular weight is 273 g/mol. The minimum atomic E-state index is -0.119. The number of amides is 1. The number of rotatable bonds is 4. The topological polar surface area (TPSA) is 47.4 Å². The van der Waals surface area contributed by atoms with Gasteiger partial charge in [-0.1, -0.05) is 6.07 Å². The Morgan fingerprint density at radius 1 is 1.30 bits per heavy atom. The zero-order valence-corrected chi connectivity index (χ0v) is 12.0. The van der Waals surface area contributed by atoms with Crippen LogP contribution >= 0.6 is 0 Å². The zero-order chi connectivity index (χ0) is 14.5. The van der Waals surface area contributed by atoms with E-state index in [9.17, 15) is 4.79 Å². The number of likely N-dealkylation sites (N-methyl/N-ethyl adjacent to an activating group) is 1. The van der Waals surface area contributed by atoms with E-state index in [1.165, 1.54) is 22.0 Å². The monoisotopic (exact) mass is 273 g/mol. The Labute approximate surface area is 118 Å². The summed E-state index contributed by atoms with van der Waals surface area (Å²) in [5, 5.41) is 0. The number of carbonyl (C=O) groups excluding carboxylic acids is 1. The fraction of sp³-hybridized carbons (Fsp3) is 0.333. The third-order valence-electron chi connectivity index (χ3n) is 2.94. The summed E-state index contributed by atoms with van der Waals surface area (Å²) in [6.07, 6.45) is 4.70. The molecule has 2 aromatic rings. The van der Waals surface area contributed by atoms with Crippen LogP contribution in [0.15, 0.2) is 36.9 Å². The van der Waals surface area contributed by atoms with Gasteiger partial charge in [-0.2, -0.15) is 0 Å². The van der Waals surface area contributed by atoms with Crippen molar-refractivity contribution >= 4 is 6.03 Å². The van der Waals surface area contributed by atoms with Crippen molar-refractivity contribution in [3.05, 3.63) is 48.0 Å². The van der Waals surface area contributed by atoms with Crippen LogP contribution in [-0.4, -0.2) is 40.7 Å². The first kappa shape index (κ1) is 14.1. The van der Waals surface area contributed by atoms with Gasteiger partial charge in [0.2, 0.25) is 0 Å². The first-order valence-corrected chi connectivity index (χ1v) is 6.51. The van der Waals surface area contributed by atoms with Crippen molar-refractivity contribution in [2.24, 2.45) is 0 Å². The van der Waals surface area contributed by atoms with Gasteiger partial charge >= 0.3 is 6.03 Å². The van der Waals surface area contributed by atoms with Crippen LogP contribution in [0.1, 0.15) is 11.1 Å². The van der Waals surface area contributed by atoms with Crippen molar-refractivity contribution in [1.82, 2.24) is 14.5 Å². The van der Waals surface area contributed by atoms with Crippen molar-refractivity contribution in [1.29, 1.82) is 0 Å². The summed E-state index contributed by atoms with van der Waals surface area (Å²) < 4.78 is 7.13. The van der Waals surface area contributed by atoms with Crippen molar-refractivity contribution in [3.8, 4) is 5.75 Å². The van der Waals surface area contributed by atoms with Gasteiger partial charge in [-0.3, -0.25) is 4.57 Å². The van der Waals surface area contributed by atoms with Gasteiger partial charge in [-0.05, 0) is 37.1 Å². The molecule has 0 unspecified atom stereocenters. The molecule has 5 heteroatoms. The summed E-state index contributed by atoms with van der Waals surface area (Å²) in [6, 6.07) is 5.96. The second-order valence-corrected chi connectivity index (χ2v) is 4.85. The molecule has 0 atom stereocenters. The van der Waals surface area contributed by atoms with Crippen LogP contribution in [0, 0.1) is 13.8 Å². The molecule has 0 spiro atoms. The molecule has 20 heavy (non-hydrogen) atoms. The number of hydrogen-bond acceptors (Lipinski definition) is 3. The summed E-state index contributed by atoms with van der Waals surface area (Å²) in [4.78, 5) is 17.4. The van der Waals surface area contributed by atoms with E-state index >= 15 is 0 Å². The lowest BCUT2D eigenvalue weighted by molar-refractivity contribution is 0.197. The van der Waals surface area contributed by atoms with Gasteiger partial charge in [-0.25, -0.2) is 9.78 Å². The third-order valence-corrected chi connectivity index (χ3v) is 2.94. The third kappa shape index (κ3) is 3.60. The van der Waals surface area contributed by atoms with E-state index in [1.807, 2.05) is 26.0 Å². The Morgan fingerprint density at radius 2 is 2.00 bits per heavy atom. The van der Waals surface area contributed by atoms with Crippen molar-refractivity contribution < 1.29 is 9.53 Å². The van der Waals surface area contributed by atoms with Gasteiger partial charge in [0.1, 0.15) is 18.7 Å². The van der Waals surface area contributed by atoms with Crippen LogP contribution in [0.3, 0.4) is 0 Å². The molecule has 0 aliphatic carbocycles. The lowest BCUT2D eigenvalue weighted by atomic mass is 10.1. The Hall–Kier alpha value is -2.30. The molecule has 0 radical (unpaired) electrons. The van der Waals surface area contributed by atoms with Crippen LogP contribution in [0.25, 0.3) is 0 Å². The number of aromatic nitrogens is 2. The molecular formula is C15H19N3O2. The predicted octanol–water partition coefficient (Wildman–Crippen LogP) is 2.48. The van der Waals surface area contributed by atoms with Crippen LogP contribution in [0.5, 0.6) is 5.75 Å². The Kier molecular flexibility index (Phi) is 4.40. The smallest absolute Gasteiger partial charge is 0.329 e. The molecule has 0 aliphatic heterocycles. The Balaban J connectivity index is 1.85. The first-order valence-electron chi connectivity index (χ1n) is 6.51. The Morgan fingerprint density at radius 3 is 2.60 bits per heavy atom. The summed E-state index contributed by atoms with van der Waals surface area (Å²) in [5.41, 5.74) is 2.34. The summed E-state index contributed by atoms with van der Waals surface area (Å²) in [6.45, 7) is 5.05. The Bertz CT molecular complexity index is 559. The summed E-state index contributed by atoms with van der Waals surface area (Å²) in [5.74, 6) is 0.839. The lowest BCUT2D eigenvalue weighted by Crippen LogP contribution is -2.33. The highest BCUT2D eigenvalue weighted by Gasteiger charge is 2.10. The van der Waals surface area contributed by atoms with Gasteiger partial charge in [-0.15, -0.1) is 0 Å². The molecule has 5 nitrogen and oxygen atoms in total. The van der Waals surface area contributed by atoms with Gasteiger partial charge in [0.05, 0.1) is 6.54 Å². The van der Waals surface area contributed by atoms with Crippen molar-refractivity contribution in [3.63, 3.8) is 0 Å². The molecule has 1 heterocycles. The SMILES string of the molecule is Cc1cc(C)cc(OCCN(C)C(=O)n2ccnc2)c1. The minimum absolute atomic E-state index is 0.119. The molecule has 106 valence electrons.